The Morgan fingerprint density at radius 1 is 1.21 bits per heavy atom. The second kappa shape index (κ2) is 6.76. The van der Waals surface area contributed by atoms with Crippen molar-refractivity contribution in [1.29, 1.82) is 0 Å². The van der Waals surface area contributed by atoms with Crippen molar-refractivity contribution < 1.29 is 24.5 Å². The molecule has 0 saturated carbocycles. The lowest BCUT2D eigenvalue weighted by Crippen LogP contribution is -2.50. The van der Waals surface area contributed by atoms with Gasteiger partial charge in [0.25, 0.3) is 0 Å². The van der Waals surface area contributed by atoms with Gasteiger partial charge >= 0.3 is 5.63 Å². The third-order valence-corrected chi connectivity index (χ3v) is 5.31. The number of thioether (sulfide) groups is 1. The zero-order valence-electron chi connectivity index (χ0n) is 13.4. The van der Waals surface area contributed by atoms with Crippen LogP contribution in [0.5, 0.6) is 5.75 Å². The minimum atomic E-state index is -1.25. The maximum atomic E-state index is 11.7. The van der Waals surface area contributed by atoms with Gasteiger partial charge in [-0.25, -0.2) is 4.79 Å². The molecule has 1 aromatic heterocycles. The maximum absolute atomic E-state index is 11.7. The molecule has 6 nitrogen and oxygen atoms in total. The van der Waals surface area contributed by atoms with Crippen LogP contribution in [-0.4, -0.2) is 44.8 Å². The van der Waals surface area contributed by atoms with E-state index in [1.54, 1.807) is 12.1 Å². The highest BCUT2D eigenvalue weighted by molar-refractivity contribution is 7.99. The SMILES string of the molecule is CC(C)c1cc(=O)oc2cc(O[C@H]3SC[C@@H](O)[C@H](O)[C@H]3O)ccc12. The highest BCUT2D eigenvalue weighted by atomic mass is 32.2. The lowest BCUT2D eigenvalue weighted by Gasteiger charge is -2.34. The summed E-state index contributed by atoms with van der Waals surface area (Å²) in [4.78, 5) is 11.7. The zero-order valence-corrected chi connectivity index (χ0v) is 14.2. The van der Waals surface area contributed by atoms with E-state index in [2.05, 4.69) is 0 Å². The third kappa shape index (κ3) is 3.30. The van der Waals surface area contributed by atoms with Crippen LogP contribution in [0.15, 0.2) is 33.5 Å². The van der Waals surface area contributed by atoms with Crippen LogP contribution in [0.2, 0.25) is 0 Å². The molecule has 0 amide bonds. The summed E-state index contributed by atoms with van der Waals surface area (Å²) in [5.74, 6) is 0.866. The van der Waals surface area contributed by atoms with Crippen LogP contribution in [-0.2, 0) is 0 Å². The van der Waals surface area contributed by atoms with Gasteiger partial charge in [-0.2, -0.15) is 0 Å². The van der Waals surface area contributed by atoms with Crippen LogP contribution < -0.4 is 10.4 Å². The number of aliphatic hydroxyl groups excluding tert-OH is 3. The van der Waals surface area contributed by atoms with Crippen molar-refractivity contribution in [2.45, 2.75) is 43.5 Å². The molecule has 1 aliphatic heterocycles. The molecule has 24 heavy (non-hydrogen) atoms. The Bertz CT molecular complexity index is 786. The van der Waals surface area contributed by atoms with Gasteiger partial charge in [0.15, 0.2) is 5.44 Å². The second-order valence-corrected chi connectivity index (χ2v) is 7.33. The van der Waals surface area contributed by atoms with Crippen molar-refractivity contribution in [2.75, 3.05) is 5.75 Å². The lowest BCUT2D eigenvalue weighted by molar-refractivity contribution is -0.0786. The molecule has 2 heterocycles. The fraction of sp³-hybridized carbons (Fsp3) is 0.471. The monoisotopic (exact) mass is 352 g/mol. The summed E-state index contributed by atoms with van der Waals surface area (Å²) in [5.41, 5.74) is 0.188. The molecule has 0 bridgehead atoms. The van der Waals surface area contributed by atoms with E-state index in [0.29, 0.717) is 11.3 Å². The zero-order chi connectivity index (χ0) is 17.4. The number of aliphatic hydroxyl groups is 3. The molecule has 1 aromatic carbocycles. The van der Waals surface area contributed by atoms with E-state index >= 15 is 0 Å². The summed E-state index contributed by atoms with van der Waals surface area (Å²) in [5, 5.41) is 30.1. The van der Waals surface area contributed by atoms with E-state index in [1.165, 1.54) is 17.8 Å². The number of hydrogen-bond donors (Lipinski definition) is 3. The molecule has 0 aliphatic carbocycles. The molecule has 130 valence electrons. The van der Waals surface area contributed by atoms with Crippen LogP contribution in [0.1, 0.15) is 25.3 Å². The van der Waals surface area contributed by atoms with Crippen LogP contribution in [0.4, 0.5) is 0 Å². The number of ether oxygens (including phenoxy) is 1. The topological polar surface area (TPSA) is 100 Å². The molecular weight excluding hydrogens is 332 g/mol. The molecule has 7 heteroatoms. The van der Waals surface area contributed by atoms with Gasteiger partial charge in [0.05, 0.1) is 6.10 Å². The molecular formula is C17H20O6S. The number of benzene rings is 1. The minimum Gasteiger partial charge on any atom is -0.477 e. The van der Waals surface area contributed by atoms with Crippen LogP contribution in [0.25, 0.3) is 11.0 Å². The summed E-state index contributed by atoms with van der Waals surface area (Å²) >= 11 is 1.22. The first kappa shape index (κ1) is 17.3. The highest BCUT2D eigenvalue weighted by Gasteiger charge is 2.38. The first-order chi connectivity index (χ1) is 11.4. The quantitative estimate of drug-likeness (QED) is 0.719. The molecule has 1 fully saturated rings. The van der Waals surface area contributed by atoms with Gasteiger partial charge in [0.2, 0.25) is 0 Å². The van der Waals surface area contributed by atoms with Crippen LogP contribution >= 0.6 is 11.8 Å². The van der Waals surface area contributed by atoms with Gasteiger partial charge in [0, 0.05) is 23.3 Å². The Balaban J connectivity index is 1.90. The van der Waals surface area contributed by atoms with Gasteiger partial charge in [-0.05, 0) is 23.6 Å². The molecule has 3 rings (SSSR count). The summed E-state index contributed by atoms with van der Waals surface area (Å²) in [6, 6.07) is 6.65. The first-order valence-electron chi connectivity index (χ1n) is 7.77. The predicted molar refractivity (Wildman–Crippen MR) is 91.5 cm³/mol. The molecule has 0 unspecified atom stereocenters. The molecule has 4 atom stereocenters. The second-order valence-electron chi connectivity index (χ2n) is 6.20. The molecule has 1 saturated heterocycles. The summed E-state index contributed by atoms with van der Waals surface area (Å²) in [6.07, 6.45) is -3.43. The van der Waals surface area contributed by atoms with Gasteiger partial charge < -0.3 is 24.5 Å². The van der Waals surface area contributed by atoms with Crippen molar-refractivity contribution in [3.8, 4) is 5.75 Å². The Labute approximate surface area is 143 Å². The predicted octanol–water partition coefficient (Wildman–Crippen LogP) is 1.45. The molecule has 1 aliphatic rings. The Morgan fingerprint density at radius 2 is 1.96 bits per heavy atom. The van der Waals surface area contributed by atoms with Gasteiger partial charge in [0.1, 0.15) is 23.5 Å². The van der Waals surface area contributed by atoms with Gasteiger partial charge in [-0.15, -0.1) is 11.8 Å². The van der Waals surface area contributed by atoms with Gasteiger partial charge in [-0.1, -0.05) is 13.8 Å². The van der Waals surface area contributed by atoms with Crippen molar-refractivity contribution >= 4 is 22.7 Å². The van der Waals surface area contributed by atoms with Gasteiger partial charge in [-0.3, -0.25) is 0 Å². The average Bonchev–Trinajstić information content (AvgIpc) is 2.54. The van der Waals surface area contributed by atoms with E-state index in [0.717, 1.165) is 10.9 Å². The van der Waals surface area contributed by atoms with E-state index in [9.17, 15) is 20.1 Å². The average molecular weight is 352 g/mol. The van der Waals surface area contributed by atoms with Crippen LogP contribution in [0, 0.1) is 0 Å². The maximum Gasteiger partial charge on any atom is 0.336 e. The van der Waals surface area contributed by atoms with Crippen molar-refractivity contribution in [3.05, 3.63) is 40.2 Å². The Morgan fingerprint density at radius 3 is 2.67 bits per heavy atom. The Kier molecular flexibility index (Phi) is 4.87. The molecule has 3 N–H and O–H groups in total. The summed E-state index contributed by atoms with van der Waals surface area (Å²) < 4.78 is 11.0. The first-order valence-corrected chi connectivity index (χ1v) is 8.82. The highest BCUT2D eigenvalue weighted by Crippen LogP contribution is 2.32. The van der Waals surface area contributed by atoms with Crippen molar-refractivity contribution in [2.24, 2.45) is 0 Å². The smallest absolute Gasteiger partial charge is 0.336 e. The lowest BCUT2D eigenvalue weighted by atomic mass is 10.00. The Hall–Kier alpha value is -1.54. The molecule has 0 radical (unpaired) electrons. The normalized spacial score (nSPS) is 27.6. The fourth-order valence-corrected chi connectivity index (χ4v) is 3.86. The number of hydrogen-bond acceptors (Lipinski definition) is 7. The van der Waals surface area contributed by atoms with Crippen LogP contribution in [0.3, 0.4) is 0 Å². The van der Waals surface area contributed by atoms with E-state index in [4.69, 9.17) is 9.15 Å². The minimum absolute atomic E-state index is 0.177. The molecule has 2 aromatic rings. The van der Waals surface area contributed by atoms with E-state index < -0.39 is 29.4 Å². The third-order valence-electron chi connectivity index (χ3n) is 4.08. The number of rotatable bonds is 3. The van der Waals surface area contributed by atoms with E-state index in [1.807, 2.05) is 19.9 Å². The molecule has 0 spiro atoms. The van der Waals surface area contributed by atoms with Crippen molar-refractivity contribution in [3.63, 3.8) is 0 Å². The van der Waals surface area contributed by atoms with E-state index in [-0.39, 0.29) is 11.7 Å². The van der Waals surface area contributed by atoms with Crippen molar-refractivity contribution in [1.82, 2.24) is 0 Å². The number of fused-ring (bicyclic) bond motifs is 1. The largest absolute Gasteiger partial charge is 0.477 e. The fourth-order valence-electron chi connectivity index (χ4n) is 2.74. The standard InChI is InChI=1S/C17H20O6S/c1-8(2)11-6-14(19)23-13-5-9(3-4-10(11)13)22-17-16(21)15(20)12(18)7-24-17/h3-6,8,12,15-18,20-21H,7H2,1-2H3/t12-,15+,16-,17+/m1/s1. The summed E-state index contributed by atoms with van der Waals surface area (Å²) in [6.45, 7) is 4.00. The summed E-state index contributed by atoms with van der Waals surface area (Å²) in [7, 11) is 0.